The molecule has 0 bridgehead atoms. The lowest BCUT2D eigenvalue weighted by atomic mass is 9.86. The third-order valence-corrected chi connectivity index (χ3v) is 10.3. The molecule has 0 radical (unpaired) electrons. The molecule has 6 aromatic carbocycles. The Morgan fingerprint density at radius 3 is 1.86 bits per heavy atom. The number of nitrogens with zero attached hydrogens (tertiary/aromatic N) is 5. The Morgan fingerprint density at radius 1 is 0.549 bits per heavy atom. The fraction of sp³-hybridized carbons (Fsp3) is 0.0652. The maximum absolute atomic E-state index is 10.0. The highest BCUT2D eigenvalue weighted by Gasteiger charge is 2.22. The Hall–Kier alpha value is -7.13. The molecule has 0 aliphatic heterocycles. The van der Waals surface area contributed by atoms with E-state index in [1.54, 1.807) is 0 Å². The smallest absolute Gasteiger partial charge is 0.0998 e. The molecule has 1 aliphatic rings. The molecule has 0 N–H and O–H groups in total. The molecule has 1 atom stereocenters. The molecule has 1 unspecified atom stereocenters. The molecule has 8 aromatic rings. The maximum atomic E-state index is 10.0. The van der Waals surface area contributed by atoms with E-state index in [1.807, 2.05) is 54.6 Å². The van der Waals surface area contributed by atoms with E-state index in [2.05, 4.69) is 119 Å². The summed E-state index contributed by atoms with van der Waals surface area (Å²) >= 11 is 0. The van der Waals surface area contributed by atoms with Crippen molar-refractivity contribution in [3.05, 3.63) is 162 Å². The summed E-state index contributed by atoms with van der Waals surface area (Å²) in [5, 5.41) is 33.8. The monoisotopic (exact) mass is 651 g/mol. The van der Waals surface area contributed by atoms with Gasteiger partial charge in [0.05, 0.1) is 62.7 Å². The standard InChI is InChI=1S/C46H29N5/c1-29-23-35(50-41-10-4-2-8-37(41)38-9-3-5-11-42(38)50)19-20-36(29)32-15-17-33(18-16-32)39-24-30(26-47)13-21-43(39)51-44-22-14-31(27-48)25-40(44)46-34(28-49)7-6-12-45(46)51/h2-22,24-25,29H,23H2,1H3. The molecule has 0 spiro atoms. The first-order valence-electron chi connectivity index (χ1n) is 17.0. The van der Waals surface area contributed by atoms with Crippen LogP contribution in [-0.2, 0) is 0 Å². The highest BCUT2D eigenvalue weighted by atomic mass is 15.0. The summed E-state index contributed by atoms with van der Waals surface area (Å²) in [5.74, 6) is 0.304. The Morgan fingerprint density at radius 2 is 1.18 bits per heavy atom. The van der Waals surface area contributed by atoms with Crippen molar-refractivity contribution < 1.29 is 0 Å². The number of fused-ring (bicyclic) bond motifs is 6. The normalized spacial score (nSPS) is 14.3. The van der Waals surface area contributed by atoms with Crippen LogP contribution in [0.1, 0.15) is 35.6 Å². The zero-order chi connectivity index (χ0) is 34.6. The fourth-order valence-electron chi connectivity index (χ4n) is 7.99. The first-order chi connectivity index (χ1) is 25.1. The molecule has 0 amide bonds. The molecule has 238 valence electrons. The minimum absolute atomic E-state index is 0.304. The molecule has 0 saturated heterocycles. The van der Waals surface area contributed by atoms with E-state index in [0.717, 1.165) is 45.0 Å². The molecular formula is C46H29N5. The lowest BCUT2D eigenvalue weighted by molar-refractivity contribution is 0.750. The van der Waals surface area contributed by atoms with Gasteiger partial charge in [0.25, 0.3) is 0 Å². The Bertz CT molecular complexity index is 2880. The van der Waals surface area contributed by atoms with Crippen molar-refractivity contribution in [2.75, 3.05) is 0 Å². The number of rotatable bonds is 4. The lowest BCUT2D eigenvalue weighted by Crippen LogP contribution is -2.08. The Labute approximate surface area is 295 Å². The van der Waals surface area contributed by atoms with Gasteiger partial charge in [-0.2, -0.15) is 15.8 Å². The summed E-state index contributed by atoms with van der Waals surface area (Å²) in [4.78, 5) is 0. The largest absolute Gasteiger partial charge is 0.313 e. The molecule has 1 aliphatic carbocycles. The highest BCUT2D eigenvalue weighted by molar-refractivity contribution is 6.13. The van der Waals surface area contributed by atoms with Crippen molar-refractivity contribution in [1.82, 2.24) is 9.13 Å². The predicted molar refractivity (Wildman–Crippen MR) is 206 cm³/mol. The van der Waals surface area contributed by atoms with Gasteiger partial charge in [-0.3, -0.25) is 0 Å². The first-order valence-corrected chi connectivity index (χ1v) is 17.0. The summed E-state index contributed by atoms with van der Waals surface area (Å²) in [5.41, 5.74) is 12.4. The highest BCUT2D eigenvalue weighted by Crippen LogP contribution is 2.41. The summed E-state index contributed by atoms with van der Waals surface area (Å²) < 4.78 is 4.56. The number of benzene rings is 6. The van der Waals surface area contributed by atoms with E-state index in [9.17, 15) is 15.8 Å². The van der Waals surface area contributed by atoms with E-state index in [-0.39, 0.29) is 0 Å². The van der Waals surface area contributed by atoms with Gasteiger partial charge in [-0.15, -0.1) is 0 Å². The average Bonchev–Trinajstić information content (AvgIpc) is 3.70. The third-order valence-electron chi connectivity index (χ3n) is 10.3. The van der Waals surface area contributed by atoms with Crippen molar-refractivity contribution in [3.8, 4) is 35.0 Å². The van der Waals surface area contributed by atoms with Gasteiger partial charge in [-0.25, -0.2) is 0 Å². The van der Waals surface area contributed by atoms with Crippen molar-refractivity contribution in [2.24, 2.45) is 5.92 Å². The van der Waals surface area contributed by atoms with Crippen LogP contribution in [0.2, 0.25) is 0 Å². The summed E-state index contributed by atoms with van der Waals surface area (Å²) in [6, 6.07) is 49.9. The fourth-order valence-corrected chi connectivity index (χ4v) is 7.99. The SMILES string of the molecule is CC1CC(n2c3ccccc3c3ccccc32)=CC=C1c1ccc(-c2cc(C#N)ccc2-n2c3ccc(C#N)cc3c3c(C#N)cccc32)cc1. The van der Waals surface area contributed by atoms with Crippen LogP contribution in [0.25, 0.3) is 71.7 Å². The van der Waals surface area contributed by atoms with Crippen molar-refractivity contribution in [3.63, 3.8) is 0 Å². The number of nitriles is 3. The number of allylic oxidation sites excluding steroid dienone is 4. The van der Waals surface area contributed by atoms with Crippen molar-refractivity contribution >= 4 is 54.9 Å². The number of hydrogen-bond donors (Lipinski definition) is 0. The third kappa shape index (κ3) is 4.67. The van der Waals surface area contributed by atoms with Gasteiger partial charge in [-0.05, 0) is 95.8 Å². The second-order valence-corrected chi connectivity index (χ2v) is 13.2. The maximum Gasteiger partial charge on any atom is 0.0998 e. The van der Waals surface area contributed by atoms with E-state index < -0.39 is 0 Å². The molecule has 2 aromatic heterocycles. The number of aromatic nitrogens is 2. The van der Waals surface area contributed by atoms with Crippen LogP contribution in [0, 0.1) is 39.9 Å². The zero-order valence-electron chi connectivity index (χ0n) is 27.8. The van der Waals surface area contributed by atoms with E-state index in [1.165, 1.54) is 38.6 Å². The van der Waals surface area contributed by atoms with Crippen LogP contribution in [0.4, 0.5) is 0 Å². The summed E-state index contributed by atoms with van der Waals surface area (Å²) in [6.45, 7) is 2.30. The number of hydrogen-bond acceptors (Lipinski definition) is 3. The molecule has 9 rings (SSSR count). The molecule has 0 fully saturated rings. The van der Waals surface area contributed by atoms with Gasteiger partial charge in [0.2, 0.25) is 0 Å². The van der Waals surface area contributed by atoms with E-state index >= 15 is 0 Å². The lowest BCUT2D eigenvalue weighted by Gasteiger charge is -2.24. The van der Waals surface area contributed by atoms with Gasteiger partial charge in [0.15, 0.2) is 0 Å². The van der Waals surface area contributed by atoms with Crippen LogP contribution in [-0.4, -0.2) is 9.13 Å². The molecular weight excluding hydrogens is 623 g/mol. The summed E-state index contributed by atoms with van der Waals surface area (Å²) in [7, 11) is 0. The molecule has 0 saturated carbocycles. The minimum atomic E-state index is 0.304. The van der Waals surface area contributed by atoms with Crippen molar-refractivity contribution in [1.29, 1.82) is 15.8 Å². The Kier molecular flexibility index (Phi) is 6.92. The minimum Gasteiger partial charge on any atom is -0.313 e. The van der Waals surface area contributed by atoms with Crippen LogP contribution >= 0.6 is 0 Å². The second-order valence-electron chi connectivity index (χ2n) is 13.2. The summed E-state index contributed by atoms with van der Waals surface area (Å²) in [6.07, 6.45) is 5.45. The van der Waals surface area contributed by atoms with Gasteiger partial charge in [0, 0.05) is 32.8 Å². The van der Waals surface area contributed by atoms with Gasteiger partial charge in [0.1, 0.15) is 0 Å². The topological polar surface area (TPSA) is 81.2 Å². The van der Waals surface area contributed by atoms with Gasteiger partial charge in [-0.1, -0.05) is 79.7 Å². The van der Waals surface area contributed by atoms with Gasteiger partial charge >= 0.3 is 0 Å². The Balaban J connectivity index is 1.15. The molecule has 5 heteroatoms. The van der Waals surface area contributed by atoms with Crippen molar-refractivity contribution in [2.45, 2.75) is 13.3 Å². The quantitative estimate of drug-likeness (QED) is 0.190. The van der Waals surface area contributed by atoms with E-state index in [4.69, 9.17) is 0 Å². The molecule has 5 nitrogen and oxygen atoms in total. The number of para-hydroxylation sites is 2. The second kappa shape index (κ2) is 11.8. The van der Waals surface area contributed by atoms with Crippen LogP contribution < -0.4 is 0 Å². The van der Waals surface area contributed by atoms with Gasteiger partial charge < -0.3 is 9.13 Å². The predicted octanol–water partition coefficient (Wildman–Crippen LogP) is 11.1. The first kappa shape index (κ1) is 30.0. The average molecular weight is 652 g/mol. The molecule has 51 heavy (non-hydrogen) atoms. The molecule has 2 heterocycles. The van der Waals surface area contributed by atoms with Crippen LogP contribution in [0.5, 0.6) is 0 Å². The van der Waals surface area contributed by atoms with Crippen LogP contribution in [0.15, 0.2) is 140 Å². The van der Waals surface area contributed by atoms with Crippen LogP contribution in [0.3, 0.4) is 0 Å². The van der Waals surface area contributed by atoms with E-state index in [0.29, 0.717) is 22.6 Å². The zero-order valence-corrected chi connectivity index (χ0v) is 27.8.